The van der Waals surface area contributed by atoms with E-state index in [-0.39, 0.29) is 11.7 Å². The standard InChI is InChI=1S/C20H32N4O2/c1-3-4-5-6-7-8-10-18(17(2)25)19(26)23-13-15-24(16-14-23)20-21-11-9-12-22-20/h9,11-12,18H,3-8,10,13-16H2,1-2H3/t18-/m0/s1. The summed E-state index contributed by atoms with van der Waals surface area (Å²) in [5.74, 6) is 0.229. The molecule has 0 N–H and O–H groups in total. The Morgan fingerprint density at radius 2 is 1.62 bits per heavy atom. The molecule has 6 heteroatoms. The molecule has 1 atom stereocenters. The zero-order chi connectivity index (χ0) is 18.8. The first kappa shape index (κ1) is 20.3. The molecule has 0 unspecified atom stereocenters. The topological polar surface area (TPSA) is 66.4 Å². The summed E-state index contributed by atoms with van der Waals surface area (Å²) in [6.45, 7) is 6.41. The average Bonchev–Trinajstić information content (AvgIpc) is 2.67. The fourth-order valence-electron chi connectivity index (χ4n) is 3.43. The minimum Gasteiger partial charge on any atom is -0.339 e. The molecule has 0 aliphatic carbocycles. The summed E-state index contributed by atoms with van der Waals surface area (Å²) in [5, 5.41) is 0. The van der Waals surface area contributed by atoms with Gasteiger partial charge in [0, 0.05) is 38.6 Å². The first-order valence-corrected chi connectivity index (χ1v) is 9.94. The van der Waals surface area contributed by atoms with Gasteiger partial charge in [-0.25, -0.2) is 9.97 Å². The first-order valence-electron chi connectivity index (χ1n) is 9.94. The number of rotatable bonds is 10. The highest BCUT2D eigenvalue weighted by atomic mass is 16.2. The Labute approximate surface area is 157 Å². The number of ketones is 1. The number of amides is 1. The SMILES string of the molecule is CCCCCCCC[C@@H](C(C)=O)C(=O)N1CCN(c2ncccn2)CC1. The van der Waals surface area contributed by atoms with Crippen molar-refractivity contribution in [3.63, 3.8) is 0 Å². The minimum absolute atomic E-state index is 0.000289. The Morgan fingerprint density at radius 3 is 2.23 bits per heavy atom. The van der Waals surface area contributed by atoms with E-state index in [4.69, 9.17) is 0 Å². The van der Waals surface area contributed by atoms with Gasteiger partial charge in [-0.3, -0.25) is 9.59 Å². The van der Waals surface area contributed by atoms with Crippen LogP contribution in [0.15, 0.2) is 18.5 Å². The van der Waals surface area contributed by atoms with E-state index in [0.29, 0.717) is 38.5 Å². The van der Waals surface area contributed by atoms with Crippen LogP contribution in [0.2, 0.25) is 0 Å². The molecule has 1 aliphatic rings. The lowest BCUT2D eigenvalue weighted by molar-refractivity contribution is -0.141. The third-order valence-corrected chi connectivity index (χ3v) is 5.06. The summed E-state index contributed by atoms with van der Waals surface area (Å²) in [6.07, 6.45) is 11.1. The third kappa shape index (κ3) is 6.07. The van der Waals surface area contributed by atoms with Crippen LogP contribution in [0.5, 0.6) is 0 Å². The Hall–Kier alpha value is -1.98. The quantitative estimate of drug-likeness (QED) is 0.474. The largest absolute Gasteiger partial charge is 0.339 e. The molecule has 1 amide bonds. The van der Waals surface area contributed by atoms with Crippen LogP contribution < -0.4 is 4.90 Å². The Bertz CT molecular complexity index is 556. The van der Waals surface area contributed by atoms with Crippen molar-refractivity contribution in [2.45, 2.75) is 58.8 Å². The summed E-state index contributed by atoms with van der Waals surface area (Å²) in [4.78, 5) is 37.3. The van der Waals surface area contributed by atoms with Crippen molar-refractivity contribution in [3.05, 3.63) is 18.5 Å². The zero-order valence-electron chi connectivity index (χ0n) is 16.2. The van der Waals surface area contributed by atoms with Gasteiger partial charge in [0.05, 0.1) is 5.92 Å². The summed E-state index contributed by atoms with van der Waals surface area (Å²) in [6, 6.07) is 1.79. The fraction of sp³-hybridized carbons (Fsp3) is 0.700. The molecule has 0 radical (unpaired) electrons. The van der Waals surface area contributed by atoms with Crippen molar-refractivity contribution in [1.82, 2.24) is 14.9 Å². The summed E-state index contributed by atoms with van der Waals surface area (Å²) in [7, 11) is 0. The third-order valence-electron chi connectivity index (χ3n) is 5.06. The lowest BCUT2D eigenvalue weighted by atomic mass is 9.95. The number of carbonyl (C=O) groups excluding carboxylic acids is 2. The maximum atomic E-state index is 12.8. The van der Waals surface area contributed by atoms with Crippen LogP contribution in [0.4, 0.5) is 5.95 Å². The molecular formula is C20H32N4O2. The van der Waals surface area contributed by atoms with Gasteiger partial charge in [0.1, 0.15) is 5.78 Å². The summed E-state index contributed by atoms with van der Waals surface area (Å²) < 4.78 is 0. The molecule has 0 spiro atoms. The molecule has 26 heavy (non-hydrogen) atoms. The monoisotopic (exact) mass is 360 g/mol. The molecule has 1 saturated heterocycles. The smallest absolute Gasteiger partial charge is 0.233 e. The van der Waals surface area contributed by atoms with Crippen LogP contribution in [-0.4, -0.2) is 52.7 Å². The number of hydrogen-bond donors (Lipinski definition) is 0. The maximum absolute atomic E-state index is 12.8. The molecule has 6 nitrogen and oxygen atoms in total. The molecule has 0 aromatic carbocycles. The number of hydrogen-bond acceptors (Lipinski definition) is 5. The van der Waals surface area contributed by atoms with Crippen LogP contribution in [0, 0.1) is 5.92 Å². The predicted octanol–water partition coefficient (Wildman–Crippen LogP) is 3.08. The van der Waals surface area contributed by atoms with Crippen molar-refractivity contribution >= 4 is 17.6 Å². The second-order valence-corrected chi connectivity index (χ2v) is 7.08. The number of anilines is 1. The highest BCUT2D eigenvalue weighted by molar-refractivity contribution is 6.00. The van der Waals surface area contributed by atoms with Gasteiger partial charge in [0.15, 0.2) is 0 Å². The van der Waals surface area contributed by atoms with Crippen LogP contribution in [0.3, 0.4) is 0 Å². The van der Waals surface area contributed by atoms with Gasteiger partial charge in [0.2, 0.25) is 11.9 Å². The van der Waals surface area contributed by atoms with E-state index in [1.54, 1.807) is 25.4 Å². The van der Waals surface area contributed by atoms with Crippen molar-refractivity contribution in [2.75, 3.05) is 31.1 Å². The molecule has 0 saturated carbocycles. The summed E-state index contributed by atoms with van der Waals surface area (Å²) in [5.41, 5.74) is 0. The number of aromatic nitrogens is 2. The van der Waals surface area contributed by atoms with Crippen LogP contribution in [0.25, 0.3) is 0 Å². The van der Waals surface area contributed by atoms with Crippen molar-refractivity contribution < 1.29 is 9.59 Å². The van der Waals surface area contributed by atoms with E-state index in [9.17, 15) is 9.59 Å². The first-order chi connectivity index (χ1) is 12.6. The Kier molecular flexibility index (Phi) is 8.51. The molecule has 2 heterocycles. The molecule has 1 aromatic rings. The van der Waals surface area contributed by atoms with Crippen LogP contribution in [-0.2, 0) is 9.59 Å². The Balaban J connectivity index is 1.79. The van der Waals surface area contributed by atoms with Gasteiger partial charge in [-0.05, 0) is 19.4 Å². The van der Waals surface area contributed by atoms with E-state index in [0.717, 1.165) is 12.8 Å². The zero-order valence-corrected chi connectivity index (χ0v) is 16.2. The van der Waals surface area contributed by atoms with Crippen molar-refractivity contribution in [1.29, 1.82) is 0 Å². The number of carbonyl (C=O) groups is 2. The van der Waals surface area contributed by atoms with E-state index >= 15 is 0 Å². The normalized spacial score (nSPS) is 15.8. The fourth-order valence-corrected chi connectivity index (χ4v) is 3.43. The molecular weight excluding hydrogens is 328 g/mol. The van der Waals surface area contributed by atoms with Crippen molar-refractivity contribution in [2.24, 2.45) is 5.92 Å². The van der Waals surface area contributed by atoms with Gasteiger partial charge in [-0.2, -0.15) is 0 Å². The van der Waals surface area contributed by atoms with Crippen LogP contribution >= 0.6 is 0 Å². The van der Waals surface area contributed by atoms with Gasteiger partial charge in [-0.1, -0.05) is 45.4 Å². The number of Topliss-reactive ketones (excluding diaryl/α,β-unsaturated/α-hetero) is 1. The van der Waals surface area contributed by atoms with E-state index in [1.165, 1.54) is 25.7 Å². The average molecular weight is 361 g/mol. The lowest BCUT2D eigenvalue weighted by Crippen LogP contribution is -2.51. The number of piperazine rings is 1. The van der Waals surface area contributed by atoms with E-state index < -0.39 is 5.92 Å². The highest BCUT2D eigenvalue weighted by Gasteiger charge is 2.30. The second kappa shape index (κ2) is 10.9. The summed E-state index contributed by atoms with van der Waals surface area (Å²) >= 11 is 0. The van der Waals surface area contributed by atoms with Gasteiger partial charge >= 0.3 is 0 Å². The van der Waals surface area contributed by atoms with Gasteiger partial charge in [0.25, 0.3) is 0 Å². The van der Waals surface area contributed by atoms with Gasteiger partial charge < -0.3 is 9.80 Å². The molecule has 144 valence electrons. The molecule has 2 rings (SSSR count). The number of unbranched alkanes of at least 4 members (excludes halogenated alkanes) is 5. The van der Waals surface area contributed by atoms with E-state index in [1.807, 2.05) is 4.90 Å². The van der Waals surface area contributed by atoms with Crippen molar-refractivity contribution in [3.8, 4) is 0 Å². The predicted molar refractivity (Wildman–Crippen MR) is 103 cm³/mol. The maximum Gasteiger partial charge on any atom is 0.233 e. The Morgan fingerprint density at radius 1 is 1.00 bits per heavy atom. The van der Waals surface area contributed by atoms with Gasteiger partial charge in [-0.15, -0.1) is 0 Å². The van der Waals surface area contributed by atoms with E-state index in [2.05, 4.69) is 21.8 Å². The molecule has 0 bridgehead atoms. The van der Waals surface area contributed by atoms with Crippen LogP contribution in [0.1, 0.15) is 58.8 Å². The molecule has 1 aliphatic heterocycles. The highest BCUT2D eigenvalue weighted by Crippen LogP contribution is 2.18. The minimum atomic E-state index is -0.472. The molecule has 1 fully saturated rings. The number of nitrogens with zero attached hydrogens (tertiary/aromatic N) is 4. The lowest BCUT2D eigenvalue weighted by Gasteiger charge is -2.36. The molecule has 1 aromatic heterocycles. The second-order valence-electron chi connectivity index (χ2n) is 7.08.